The summed E-state index contributed by atoms with van der Waals surface area (Å²) in [5.74, 6) is 2.10. The summed E-state index contributed by atoms with van der Waals surface area (Å²) in [6.45, 7) is 9.13. The molecule has 8 heteroatoms. The number of amides is 1. The topological polar surface area (TPSA) is 74.7 Å². The molecule has 4 aliphatic rings. The van der Waals surface area contributed by atoms with Crippen LogP contribution in [0.1, 0.15) is 60.4 Å². The molecule has 1 aromatic heterocycles. The number of fused-ring (bicyclic) bond motifs is 1. The van der Waals surface area contributed by atoms with Gasteiger partial charge in [0, 0.05) is 63.5 Å². The molecule has 6 rings (SSSR count). The number of carbonyl (C=O) groups is 1. The smallest absolute Gasteiger partial charge is 0.273 e. The van der Waals surface area contributed by atoms with Crippen LogP contribution in [0.2, 0.25) is 0 Å². The van der Waals surface area contributed by atoms with Gasteiger partial charge in [0.05, 0.1) is 6.20 Å². The lowest BCUT2D eigenvalue weighted by Crippen LogP contribution is -2.55. The summed E-state index contributed by atoms with van der Waals surface area (Å²) in [6, 6.07) is 9.12. The fraction of sp³-hybridized carbons (Fsp3) is 0.615. The average molecular weight is 465 g/mol. The molecule has 3 unspecified atom stereocenters. The molecule has 0 aliphatic carbocycles. The highest BCUT2D eigenvalue weighted by molar-refractivity contribution is 5.93. The van der Waals surface area contributed by atoms with Crippen molar-refractivity contribution in [1.29, 1.82) is 0 Å². The van der Waals surface area contributed by atoms with Crippen molar-refractivity contribution in [2.45, 2.75) is 51.2 Å². The number of carbonyl (C=O) groups excluding carboxylic acids is 1. The minimum Gasteiger partial charge on any atom is -0.381 e. The lowest BCUT2D eigenvalue weighted by Gasteiger charge is -2.35. The Hall–Kier alpha value is -2.58. The molecule has 0 saturated carbocycles. The van der Waals surface area contributed by atoms with Gasteiger partial charge >= 0.3 is 0 Å². The number of nitrogens with zero attached hydrogens (tertiary/aromatic N) is 4. The van der Waals surface area contributed by atoms with Gasteiger partial charge in [-0.05, 0) is 49.3 Å². The summed E-state index contributed by atoms with van der Waals surface area (Å²) < 4.78 is 7.49. The van der Waals surface area contributed by atoms with Crippen LogP contribution in [-0.4, -0.2) is 66.0 Å². The largest absolute Gasteiger partial charge is 0.381 e. The fourth-order valence-electron chi connectivity index (χ4n) is 6.20. The lowest BCUT2D eigenvalue weighted by molar-refractivity contribution is 0.0818. The van der Waals surface area contributed by atoms with Crippen LogP contribution in [0.25, 0.3) is 0 Å². The van der Waals surface area contributed by atoms with Crippen LogP contribution in [0.5, 0.6) is 0 Å². The van der Waals surface area contributed by atoms with Crippen molar-refractivity contribution >= 4 is 11.6 Å². The number of ether oxygens (including phenoxy) is 1. The summed E-state index contributed by atoms with van der Waals surface area (Å²) in [4.78, 5) is 22.5. The third-order valence-corrected chi connectivity index (χ3v) is 8.15. The Bertz CT molecular complexity index is 1010. The van der Waals surface area contributed by atoms with Gasteiger partial charge in [0.25, 0.3) is 5.91 Å². The quantitative estimate of drug-likeness (QED) is 0.709. The van der Waals surface area contributed by atoms with Gasteiger partial charge in [-0.1, -0.05) is 19.1 Å². The highest BCUT2D eigenvalue weighted by atomic mass is 16.5. The number of imidazole rings is 1. The molecule has 2 aromatic rings. The van der Waals surface area contributed by atoms with Crippen molar-refractivity contribution in [2.24, 2.45) is 11.8 Å². The van der Waals surface area contributed by atoms with E-state index in [1.165, 1.54) is 37.2 Å². The van der Waals surface area contributed by atoms with Gasteiger partial charge in [0.2, 0.25) is 0 Å². The summed E-state index contributed by atoms with van der Waals surface area (Å²) >= 11 is 0. The molecule has 0 bridgehead atoms. The van der Waals surface area contributed by atoms with Gasteiger partial charge < -0.3 is 20.4 Å². The van der Waals surface area contributed by atoms with Crippen molar-refractivity contribution in [3.05, 3.63) is 47.5 Å². The van der Waals surface area contributed by atoms with E-state index in [4.69, 9.17) is 4.74 Å². The molecule has 1 aromatic carbocycles. The van der Waals surface area contributed by atoms with E-state index in [0.29, 0.717) is 23.4 Å². The zero-order chi connectivity index (χ0) is 23.1. The Morgan fingerprint density at radius 1 is 1.09 bits per heavy atom. The molecule has 0 spiro atoms. The minimum atomic E-state index is -0.0923. The Labute approximate surface area is 201 Å². The summed E-state index contributed by atoms with van der Waals surface area (Å²) in [6.07, 6.45) is 6.13. The SMILES string of the molecule is CC1CN(Cc2ccc(N3CCCC3)cc2)CC1C1NC(=O)c2cnc(C3CCOCC3)n2N1. The van der Waals surface area contributed by atoms with E-state index in [1.807, 2.05) is 4.68 Å². The number of nitrogens with one attached hydrogen (secondary N) is 2. The third-order valence-electron chi connectivity index (χ3n) is 8.15. The first-order chi connectivity index (χ1) is 16.7. The molecule has 0 radical (unpaired) electrons. The normalized spacial score (nSPS) is 28.1. The van der Waals surface area contributed by atoms with Gasteiger partial charge in [-0.15, -0.1) is 0 Å². The zero-order valence-electron chi connectivity index (χ0n) is 20.1. The number of benzene rings is 1. The molecular formula is C26H36N6O2. The molecule has 3 saturated heterocycles. The monoisotopic (exact) mass is 464 g/mol. The fourth-order valence-corrected chi connectivity index (χ4v) is 6.20. The van der Waals surface area contributed by atoms with Crippen molar-refractivity contribution in [3.8, 4) is 0 Å². The maximum absolute atomic E-state index is 12.9. The standard InChI is InChI=1S/C26H36N6O2/c1-18-15-30(16-19-4-6-21(7-5-19)31-10-2-3-11-31)17-22(18)24-28-26(33)23-14-27-25(32(23)29-24)20-8-12-34-13-9-20/h4-7,14,18,20,22,24,29H,2-3,8-13,15-17H2,1H3,(H,28,33). The van der Waals surface area contributed by atoms with Gasteiger partial charge in [-0.25, -0.2) is 9.66 Å². The van der Waals surface area contributed by atoms with E-state index in [9.17, 15) is 4.79 Å². The third kappa shape index (κ3) is 4.18. The maximum atomic E-state index is 12.9. The van der Waals surface area contributed by atoms with Gasteiger partial charge in [-0.2, -0.15) is 0 Å². The van der Waals surface area contributed by atoms with Crippen molar-refractivity contribution < 1.29 is 9.53 Å². The molecular weight excluding hydrogens is 428 g/mol. The number of anilines is 1. The van der Waals surface area contributed by atoms with Crippen LogP contribution in [0.4, 0.5) is 5.69 Å². The van der Waals surface area contributed by atoms with Crippen molar-refractivity contribution in [1.82, 2.24) is 19.9 Å². The molecule has 34 heavy (non-hydrogen) atoms. The minimum absolute atomic E-state index is 0.0299. The molecule has 4 aliphatic heterocycles. The Morgan fingerprint density at radius 2 is 1.85 bits per heavy atom. The van der Waals surface area contributed by atoms with E-state index in [2.05, 4.69) is 56.7 Å². The first-order valence-corrected chi connectivity index (χ1v) is 12.9. The van der Waals surface area contributed by atoms with Crippen molar-refractivity contribution in [3.63, 3.8) is 0 Å². The van der Waals surface area contributed by atoms with E-state index in [0.717, 1.165) is 51.5 Å². The molecule has 1 amide bonds. The van der Waals surface area contributed by atoms with E-state index in [1.54, 1.807) is 6.20 Å². The number of aromatic nitrogens is 2. The second-order valence-electron chi connectivity index (χ2n) is 10.5. The van der Waals surface area contributed by atoms with Crippen LogP contribution in [0.15, 0.2) is 30.5 Å². The highest BCUT2D eigenvalue weighted by Crippen LogP contribution is 2.31. The van der Waals surface area contributed by atoms with E-state index in [-0.39, 0.29) is 12.1 Å². The Morgan fingerprint density at radius 3 is 2.62 bits per heavy atom. The second kappa shape index (κ2) is 9.23. The van der Waals surface area contributed by atoms with Gasteiger partial charge in [0.15, 0.2) is 0 Å². The first kappa shape index (κ1) is 21.9. The number of likely N-dealkylation sites (tertiary alicyclic amines) is 1. The Balaban J connectivity index is 1.12. The predicted octanol–water partition coefficient (Wildman–Crippen LogP) is 2.76. The number of hydrogen-bond acceptors (Lipinski definition) is 6. The summed E-state index contributed by atoms with van der Waals surface area (Å²) in [7, 11) is 0. The highest BCUT2D eigenvalue weighted by Gasteiger charge is 2.40. The van der Waals surface area contributed by atoms with Crippen LogP contribution in [0.3, 0.4) is 0 Å². The van der Waals surface area contributed by atoms with Crippen LogP contribution < -0.4 is 15.6 Å². The lowest BCUT2D eigenvalue weighted by atomic mass is 9.94. The second-order valence-corrected chi connectivity index (χ2v) is 10.5. The summed E-state index contributed by atoms with van der Waals surface area (Å²) in [5, 5.41) is 3.22. The Kier molecular flexibility index (Phi) is 5.95. The predicted molar refractivity (Wildman–Crippen MR) is 131 cm³/mol. The van der Waals surface area contributed by atoms with Crippen LogP contribution in [-0.2, 0) is 11.3 Å². The van der Waals surface area contributed by atoms with Crippen LogP contribution >= 0.6 is 0 Å². The maximum Gasteiger partial charge on any atom is 0.273 e. The molecule has 3 fully saturated rings. The molecule has 182 valence electrons. The summed E-state index contributed by atoms with van der Waals surface area (Å²) in [5.41, 5.74) is 6.93. The zero-order valence-corrected chi connectivity index (χ0v) is 20.1. The molecule has 8 nitrogen and oxygen atoms in total. The number of hydrogen-bond donors (Lipinski definition) is 2. The average Bonchev–Trinajstić information content (AvgIpc) is 3.60. The van der Waals surface area contributed by atoms with Gasteiger partial charge in [0.1, 0.15) is 17.7 Å². The van der Waals surface area contributed by atoms with Gasteiger partial charge in [-0.3, -0.25) is 9.69 Å². The molecule has 3 atom stereocenters. The van der Waals surface area contributed by atoms with E-state index < -0.39 is 0 Å². The first-order valence-electron chi connectivity index (χ1n) is 12.9. The molecule has 5 heterocycles. The number of rotatable bonds is 5. The van der Waals surface area contributed by atoms with Crippen LogP contribution in [0, 0.1) is 11.8 Å². The van der Waals surface area contributed by atoms with Crippen molar-refractivity contribution in [2.75, 3.05) is 49.7 Å². The van der Waals surface area contributed by atoms with E-state index >= 15 is 0 Å². The molecule has 2 N–H and O–H groups in total.